The Kier molecular flexibility index (Phi) is 16.8. The fourth-order valence-electron chi connectivity index (χ4n) is 6.79. The number of aliphatic hydroxyl groups is 1. The van der Waals surface area contributed by atoms with Gasteiger partial charge in [-0.2, -0.15) is 0 Å². The fraction of sp³-hybridized carbons (Fsp3) is 0.455. The van der Waals surface area contributed by atoms with Crippen molar-refractivity contribution in [3.63, 3.8) is 0 Å². The number of benzene rings is 4. The molecule has 0 aliphatic carbocycles. The Morgan fingerprint density at radius 1 is 0.532 bits per heavy atom. The molecule has 2 N–H and O–H groups in total. The summed E-state index contributed by atoms with van der Waals surface area (Å²) in [4.78, 5) is 0. The van der Waals surface area contributed by atoms with Gasteiger partial charge in [0.1, 0.15) is 0 Å². The van der Waals surface area contributed by atoms with Crippen molar-refractivity contribution in [3.05, 3.63) is 144 Å². The Morgan fingerprint density at radius 2 is 0.915 bits per heavy atom. The van der Waals surface area contributed by atoms with E-state index in [1.54, 1.807) is 0 Å². The summed E-state index contributed by atoms with van der Waals surface area (Å²) in [6, 6.07) is 41.9. The van der Waals surface area contributed by atoms with Gasteiger partial charge in [0.25, 0.3) is 0 Å². The monoisotopic (exact) mass is 633 g/mol. The third-order valence-electron chi connectivity index (χ3n) is 9.50. The first-order valence-electron chi connectivity index (χ1n) is 18.5. The molecule has 3 heteroatoms. The Bertz CT molecular complexity index is 1220. The van der Waals surface area contributed by atoms with Crippen molar-refractivity contribution >= 4 is 0 Å². The first kappa shape index (κ1) is 36.6. The number of aliphatic hydroxyl groups excluding tert-OH is 1. The largest absolute Gasteiger partial charge is 0.391 e. The molecule has 1 unspecified atom stereocenters. The first-order chi connectivity index (χ1) is 23.2. The third kappa shape index (κ3) is 12.1. The fourth-order valence-corrected chi connectivity index (χ4v) is 6.79. The number of hydrogen-bond acceptors (Lipinski definition) is 3. The molecule has 0 radical (unpaired) electrons. The summed E-state index contributed by atoms with van der Waals surface area (Å²) in [6.45, 7) is 3.20. The SMILES string of the molecule is CCCCCCCCCCCCCCCC(O)[C@H](COCc1ccccc1)NC(c1ccccc1)(c1ccccc1)c1ccccc1. The van der Waals surface area contributed by atoms with Crippen molar-refractivity contribution in [2.75, 3.05) is 6.61 Å². The molecular formula is C44H59NO2. The van der Waals surface area contributed by atoms with Crippen LogP contribution in [-0.4, -0.2) is 23.9 Å². The lowest BCUT2D eigenvalue weighted by atomic mass is 9.76. The summed E-state index contributed by atoms with van der Waals surface area (Å²) in [5.74, 6) is 0. The maximum atomic E-state index is 11.8. The molecule has 47 heavy (non-hydrogen) atoms. The van der Waals surface area contributed by atoms with Crippen molar-refractivity contribution in [2.45, 2.75) is 121 Å². The first-order valence-corrected chi connectivity index (χ1v) is 18.5. The van der Waals surface area contributed by atoms with Gasteiger partial charge < -0.3 is 9.84 Å². The normalized spacial score (nSPS) is 13.0. The van der Waals surface area contributed by atoms with Crippen molar-refractivity contribution < 1.29 is 9.84 Å². The topological polar surface area (TPSA) is 41.5 Å². The predicted molar refractivity (Wildman–Crippen MR) is 199 cm³/mol. The highest BCUT2D eigenvalue weighted by Gasteiger charge is 2.39. The van der Waals surface area contributed by atoms with Gasteiger partial charge in [0.2, 0.25) is 0 Å². The van der Waals surface area contributed by atoms with Crippen LogP contribution >= 0.6 is 0 Å². The molecular weight excluding hydrogens is 574 g/mol. The molecule has 4 aromatic carbocycles. The van der Waals surface area contributed by atoms with Gasteiger partial charge in [-0.15, -0.1) is 0 Å². The van der Waals surface area contributed by atoms with Gasteiger partial charge in [0, 0.05) is 0 Å². The van der Waals surface area contributed by atoms with Gasteiger partial charge >= 0.3 is 0 Å². The van der Waals surface area contributed by atoms with E-state index >= 15 is 0 Å². The maximum absolute atomic E-state index is 11.8. The molecule has 0 heterocycles. The Morgan fingerprint density at radius 3 is 1.34 bits per heavy atom. The summed E-state index contributed by atoms with van der Waals surface area (Å²) < 4.78 is 6.35. The summed E-state index contributed by atoms with van der Waals surface area (Å²) in [6.07, 6.45) is 17.3. The van der Waals surface area contributed by atoms with Gasteiger partial charge in [-0.25, -0.2) is 0 Å². The molecule has 252 valence electrons. The van der Waals surface area contributed by atoms with Crippen LogP contribution in [-0.2, 0) is 16.9 Å². The van der Waals surface area contributed by atoms with E-state index in [0.717, 1.165) is 41.5 Å². The minimum atomic E-state index is -0.665. The molecule has 4 rings (SSSR count). The number of unbranched alkanes of at least 4 members (excludes halogenated alkanes) is 12. The van der Waals surface area contributed by atoms with E-state index in [-0.39, 0.29) is 6.04 Å². The lowest BCUT2D eigenvalue weighted by Gasteiger charge is -2.41. The van der Waals surface area contributed by atoms with Crippen LogP contribution in [0.2, 0.25) is 0 Å². The van der Waals surface area contributed by atoms with Crippen LogP contribution in [0.3, 0.4) is 0 Å². The Balaban J connectivity index is 1.42. The smallest absolute Gasteiger partial charge is 0.0951 e. The number of ether oxygens (including phenoxy) is 1. The van der Waals surface area contributed by atoms with Crippen molar-refractivity contribution in [1.29, 1.82) is 0 Å². The van der Waals surface area contributed by atoms with Crippen molar-refractivity contribution in [3.8, 4) is 0 Å². The standard InChI is InChI=1S/C44H59NO2/c1-2-3-4-5-6-7-8-9-10-11-12-13-26-35-43(46)42(37-47-36-38-27-18-14-19-28-38)45-44(39-29-20-15-21-30-39,40-31-22-16-23-32-40)41-33-24-17-25-34-41/h14-25,27-34,42-43,45-46H,2-13,26,35-37H2,1H3/t42-,43?/m0/s1. The number of rotatable bonds is 24. The van der Waals surface area contributed by atoms with E-state index in [4.69, 9.17) is 4.74 Å². The van der Waals surface area contributed by atoms with Crippen molar-refractivity contribution in [2.24, 2.45) is 0 Å². The van der Waals surface area contributed by atoms with Crippen molar-refractivity contribution in [1.82, 2.24) is 5.32 Å². The lowest BCUT2D eigenvalue weighted by molar-refractivity contribution is 0.0286. The van der Waals surface area contributed by atoms with E-state index < -0.39 is 11.6 Å². The summed E-state index contributed by atoms with van der Waals surface area (Å²) in [5, 5.41) is 15.9. The third-order valence-corrected chi connectivity index (χ3v) is 9.50. The van der Waals surface area contributed by atoms with Gasteiger partial charge in [-0.1, -0.05) is 212 Å². The zero-order valence-corrected chi connectivity index (χ0v) is 28.9. The predicted octanol–water partition coefficient (Wildman–Crippen LogP) is 11.0. The van der Waals surface area contributed by atoms with Gasteiger partial charge in [0.05, 0.1) is 30.9 Å². The van der Waals surface area contributed by atoms with Gasteiger partial charge in [-0.3, -0.25) is 5.32 Å². The second-order valence-electron chi connectivity index (χ2n) is 13.2. The van der Waals surface area contributed by atoms with Crippen LogP contribution in [0, 0.1) is 0 Å². The molecule has 4 aromatic rings. The zero-order valence-electron chi connectivity index (χ0n) is 28.9. The van der Waals surface area contributed by atoms with Gasteiger partial charge in [-0.05, 0) is 28.7 Å². The van der Waals surface area contributed by atoms with Crippen LogP contribution in [0.25, 0.3) is 0 Å². The summed E-state index contributed by atoms with van der Waals surface area (Å²) >= 11 is 0. The molecule has 0 aliphatic rings. The minimum Gasteiger partial charge on any atom is -0.391 e. The van der Waals surface area contributed by atoms with Crippen LogP contribution in [0.5, 0.6) is 0 Å². The Hall–Kier alpha value is -3.24. The molecule has 0 aromatic heterocycles. The highest BCUT2D eigenvalue weighted by Crippen LogP contribution is 2.37. The van der Waals surface area contributed by atoms with E-state index in [1.807, 2.05) is 18.2 Å². The van der Waals surface area contributed by atoms with E-state index in [0.29, 0.717) is 13.2 Å². The average Bonchev–Trinajstić information content (AvgIpc) is 3.13. The number of nitrogens with one attached hydrogen (secondary N) is 1. The molecule has 0 fully saturated rings. The second kappa shape index (κ2) is 21.6. The van der Waals surface area contributed by atoms with E-state index in [2.05, 4.69) is 115 Å². The highest BCUT2D eigenvalue weighted by atomic mass is 16.5. The molecule has 2 atom stereocenters. The molecule has 0 amide bonds. The Labute approximate surface area is 285 Å². The molecule has 0 saturated carbocycles. The molecule has 0 saturated heterocycles. The molecule has 0 aliphatic heterocycles. The zero-order chi connectivity index (χ0) is 32.8. The van der Waals surface area contributed by atoms with E-state index in [9.17, 15) is 5.11 Å². The number of hydrogen-bond donors (Lipinski definition) is 2. The van der Waals surface area contributed by atoms with Crippen LogP contribution in [0.4, 0.5) is 0 Å². The molecule has 3 nitrogen and oxygen atoms in total. The van der Waals surface area contributed by atoms with Crippen LogP contribution in [0.1, 0.15) is 119 Å². The van der Waals surface area contributed by atoms with Gasteiger partial charge in [0.15, 0.2) is 0 Å². The lowest BCUT2D eigenvalue weighted by Crippen LogP contribution is -2.55. The highest BCUT2D eigenvalue weighted by molar-refractivity contribution is 5.49. The van der Waals surface area contributed by atoms with E-state index in [1.165, 1.54) is 70.6 Å². The average molecular weight is 634 g/mol. The minimum absolute atomic E-state index is 0.281. The maximum Gasteiger partial charge on any atom is 0.0951 e. The van der Waals surface area contributed by atoms with Crippen LogP contribution in [0.15, 0.2) is 121 Å². The summed E-state index contributed by atoms with van der Waals surface area (Å²) in [7, 11) is 0. The second-order valence-corrected chi connectivity index (χ2v) is 13.2. The molecule has 0 spiro atoms. The quantitative estimate of drug-likeness (QED) is 0.0596. The molecule has 0 bridgehead atoms. The van der Waals surface area contributed by atoms with Crippen LogP contribution < -0.4 is 5.32 Å². The summed E-state index contributed by atoms with van der Waals surface area (Å²) in [5.41, 5.74) is 3.88.